The Bertz CT molecular complexity index is 883. The van der Waals surface area contributed by atoms with Gasteiger partial charge in [0, 0.05) is 35.7 Å². The van der Waals surface area contributed by atoms with Crippen molar-refractivity contribution in [2.45, 2.75) is 32.0 Å². The van der Waals surface area contributed by atoms with Crippen molar-refractivity contribution in [1.82, 2.24) is 5.32 Å². The van der Waals surface area contributed by atoms with Gasteiger partial charge in [-0.25, -0.2) is 4.79 Å². The van der Waals surface area contributed by atoms with Gasteiger partial charge in [0.2, 0.25) is 0 Å². The lowest BCUT2D eigenvalue weighted by Crippen LogP contribution is -3.00. The summed E-state index contributed by atoms with van der Waals surface area (Å²) in [5.74, 6) is 0. The molecule has 1 aliphatic rings. The lowest BCUT2D eigenvalue weighted by molar-refractivity contribution is -0.958. The highest BCUT2D eigenvalue weighted by Crippen LogP contribution is 2.26. The van der Waals surface area contributed by atoms with E-state index in [-0.39, 0.29) is 29.1 Å². The number of nitrogens with one attached hydrogen (secondary N) is 2. The molecule has 0 radical (unpaired) electrons. The number of hydrogen-bond acceptors (Lipinski definition) is 1. The third-order valence-corrected chi connectivity index (χ3v) is 5.99. The molecule has 2 N–H and O–H groups in total. The first-order valence-corrected chi connectivity index (χ1v) is 10.8. The second-order valence-electron chi connectivity index (χ2n) is 8.32. The zero-order chi connectivity index (χ0) is 20.7. The number of amides is 2. The maximum Gasteiger partial charge on any atom is 0.319 e. The molecule has 0 unspecified atom stereocenters. The minimum absolute atomic E-state index is 0. The molecule has 0 aliphatic carbocycles. The highest BCUT2D eigenvalue weighted by Gasteiger charge is 2.34. The quantitative estimate of drug-likeness (QED) is 0.522. The second-order valence-corrected chi connectivity index (χ2v) is 8.32. The number of carbonyl (C=O) groups excluding carboxylic acids is 1. The number of quaternary nitrogens is 1. The summed E-state index contributed by atoms with van der Waals surface area (Å²) in [6.45, 7) is 4.16. The van der Waals surface area contributed by atoms with Gasteiger partial charge in [0.1, 0.15) is 13.1 Å². The van der Waals surface area contributed by atoms with Crippen LogP contribution in [0.15, 0.2) is 91.0 Å². The highest BCUT2D eigenvalue weighted by atomic mass is 79.9. The molecule has 0 aromatic heterocycles. The van der Waals surface area contributed by atoms with Crippen LogP contribution >= 0.6 is 0 Å². The Morgan fingerprint density at radius 1 is 0.742 bits per heavy atom. The second kappa shape index (κ2) is 11.1. The molecule has 4 nitrogen and oxygen atoms in total. The highest BCUT2D eigenvalue weighted by molar-refractivity contribution is 5.89. The van der Waals surface area contributed by atoms with Crippen LogP contribution in [0.25, 0.3) is 0 Å². The topological polar surface area (TPSA) is 41.1 Å². The molecule has 31 heavy (non-hydrogen) atoms. The normalized spacial score (nSPS) is 15.5. The summed E-state index contributed by atoms with van der Waals surface area (Å²) in [7, 11) is 0. The van der Waals surface area contributed by atoms with Crippen molar-refractivity contribution in [1.29, 1.82) is 0 Å². The first kappa shape index (κ1) is 23.0. The number of para-hydroxylation sites is 1. The van der Waals surface area contributed by atoms with E-state index in [9.17, 15) is 4.79 Å². The van der Waals surface area contributed by atoms with Crippen LogP contribution in [-0.4, -0.2) is 29.6 Å². The Kier molecular flexibility index (Phi) is 8.27. The number of likely N-dealkylation sites (tertiary alicyclic amines) is 1. The standard InChI is InChI=1S/C26H29N3O.BrH/c30-26(27-24-14-8-3-9-15-24)28-25-16-18-29(19-17-25,20-22-10-4-1-5-11-22)21-23-12-6-2-7-13-23;/h1-15,25H,16-21H2,(H-,27,28,30);1H. The molecule has 1 saturated heterocycles. The first-order chi connectivity index (χ1) is 14.7. The van der Waals surface area contributed by atoms with Gasteiger partial charge in [0.05, 0.1) is 13.1 Å². The average Bonchev–Trinajstić information content (AvgIpc) is 2.77. The van der Waals surface area contributed by atoms with Gasteiger partial charge >= 0.3 is 6.03 Å². The smallest absolute Gasteiger partial charge is 0.319 e. The molecule has 3 aromatic carbocycles. The van der Waals surface area contributed by atoms with E-state index in [2.05, 4.69) is 71.3 Å². The molecule has 0 saturated carbocycles. The molecule has 1 heterocycles. The molecule has 2 amide bonds. The number of urea groups is 1. The molecule has 0 atom stereocenters. The number of benzene rings is 3. The van der Waals surface area contributed by atoms with Gasteiger partial charge in [0.25, 0.3) is 0 Å². The Balaban J connectivity index is 0.00000272. The molecule has 1 fully saturated rings. The van der Waals surface area contributed by atoms with Crippen LogP contribution in [-0.2, 0) is 13.1 Å². The zero-order valence-corrected chi connectivity index (χ0v) is 19.3. The summed E-state index contributed by atoms with van der Waals surface area (Å²) in [5.41, 5.74) is 3.58. The zero-order valence-electron chi connectivity index (χ0n) is 17.7. The third-order valence-electron chi connectivity index (χ3n) is 5.99. The van der Waals surface area contributed by atoms with Gasteiger partial charge in [-0.1, -0.05) is 78.9 Å². The summed E-state index contributed by atoms with van der Waals surface area (Å²) in [5, 5.41) is 6.11. The molecule has 5 heteroatoms. The van der Waals surface area contributed by atoms with Gasteiger partial charge in [-0.3, -0.25) is 0 Å². The minimum atomic E-state index is -0.114. The summed E-state index contributed by atoms with van der Waals surface area (Å²) in [6, 6.07) is 31.2. The molecule has 162 valence electrons. The van der Waals surface area contributed by atoms with Crippen molar-refractivity contribution >= 4 is 11.7 Å². The van der Waals surface area contributed by atoms with Crippen molar-refractivity contribution < 1.29 is 26.3 Å². The molecule has 1 aliphatic heterocycles. The number of piperidine rings is 1. The predicted octanol–water partition coefficient (Wildman–Crippen LogP) is 2.19. The van der Waals surface area contributed by atoms with E-state index < -0.39 is 0 Å². The van der Waals surface area contributed by atoms with Crippen molar-refractivity contribution in [2.75, 3.05) is 18.4 Å². The van der Waals surface area contributed by atoms with E-state index in [4.69, 9.17) is 0 Å². The summed E-state index contributed by atoms with van der Waals surface area (Å²) >= 11 is 0. The summed E-state index contributed by atoms with van der Waals surface area (Å²) in [4.78, 5) is 12.4. The monoisotopic (exact) mass is 479 g/mol. The van der Waals surface area contributed by atoms with Crippen molar-refractivity contribution in [3.8, 4) is 0 Å². The van der Waals surface area contributed by atoms with E-state index in [1.807, 2.05) is 30.3 Å². The van der Waals surface area contributed by atoms with E-state index in [0.717, 1.165) is 49.2 Å². The molecule has 0 bridgehead atoms. The molecule has 3 aromatic rings. The van der Waals surface area contributed by atoms with E-state index in [1.165, 1.54) is 11.1 Å². The Labute approximate surface area is 195 Å². The van der Waals surface area contributed by atoms with Crippen molar-refractivity contribution in [2.24, 2.45) is 0 Å². The maximum atomic E-state index is 12.4. The number of hydrogen-bond donors (Lipinski definition) is 2. The Morgan fingerprint density at radius 3 is 1.68 bits per heavy atom. The summed E-state index contributed by atoms with van der Waals surface area (Å²) < 4.78 is 1.03. The first-order valence-electron chi connectivity index (χ1n) is 10.8. The van der Waals surface area contributed by atoms with E-state index in [0.29, 0.717) is 0 Å². The fraction of sp³-hybridized carbons (Fsp3) is 0.269. The van der Waals surface area contributed by atoms with Gasteiger partial charge in [-0.2, -0.15) is 0 Å². The van der Waals surface area contributed by atoms with Crippen LogP contribution in [0.4, 0.5) is 10.5 Å². The van der Waals surface area contributed by atoms with Gasteiger partial charge in [-0.15, -0.1) is 0 Å². The lowest BCUT2D eigenvalue weighted by atomic mass is 9.99. The number of anilines is 1. The van der Waals surface area contributed by atoms with Gasteiger partial charge < -0.3 is 32.1 Å². The van der Waals surface area contributed by atoms with Crippen LogP contribution < -0.4 is 27.6 Å². The van der Waals surface area contributed by atoms with E-state index in [1.54, 1.807) is 0 Å². The maximum absolute atomic E-state index is 12.4. The van der Waals surface area contributed by atoms with Crippen LogP contribution in [0.1, 0.15) is 24.0 Å². The summed E-state index contributed by atoms with van der Waals surface area (Å²) in [6.07, 6.45) is 1.98. The Hall–Kier alpha value is -2.63. The van der Waals surface area contributed by atoms with Crippen LogP contribution in [0.3, 0.4) is 0 Å². The molecule has 0 spiro atoms. The number of nitrogens with zero attached hydrogens (tertiary/aromatic N) is 1. The minimum Gasteiger partial charge on any atom is -1.00 e. The average molecular weight is 480 g/mol. The Morgan fingerprint density at radius 2 is 1.19 bits per heavy atom. The predicted molar refractivity (Wildman–Crippen MR) is 122 cm³/mol. The molecule has 4 rings (SSSR count). The number of halogens is 1. The SMILES string of the molecule is O=C(Nc1ccccc1)NC1CC[N+](Cc2ccccc2)(Cc2ccccc2)CC1.[Br-]. The van der Waals surface area contributed by atoms with Crippen molar-refractivity contribution in [3.63, 3.8) is 0 Å². The van der Waals surface area contributed by atoms with Crippen LogP contribution in [0.5, 0.6) is 0 Å². The fourth-order valence-electron chi connectivity index (χ4n) is 4.45. The molecular weight excluding hydrogens is 450 g/mol. The number of rotatable bonds is 6. The van der Waals surface area contributed by atoms with Gasteiger partial charge in [-0.05, 0) is 12.1 Å². The van der Waals surface area contributed by atoms with Gasteiger partial charge in [0.15, 0.2) is 0 Å². The third kappa shape index (κ3) is 6.68. The lowest BCUT2D eigenvalue weighted by Gasteiger charge is -2.44. The number of carbonyl (C=O) groups is 1. The van der Waals surface area contributed by atoms with Crippen molar-refractivity contribution in [3.05, 3.63) is 102 Å². The fourth-order valence-corrected chi connectivity index (χ4v) is 4.45. The largest absolute Gasteiger partial charge is 1.00 e. The molecular formula is C26H30BrN3O. The van der Waals surface area contributed by atoms with Crippen LogP contribution in [0.2, 0.25) is 0 Å². The van der Waals surface area contributed by atoms with E-state index >= 15 is 0 Å². The van der Waals surface area contributed by atoms with Crippen LogP contribution in [0, 0.1) is 0 Å².